The molecule has 1 aliphatic heterocycles. The summed E-state index contributed by atoms with van der Waals surface area (Å²) in [7, 11) is -3.45. The second-order valence-corrected chi connectivity index (χ2v) is 8.82. The number of aryl methyl sites for hydroxylation is 1. The van der Waals surface area contributed by atoms with Gasteiger partial charge in [-0.2, -0.15) is 8.68 Å². The van der Waals surface area contributed by atoms with Gasteiger partial charge >= 0.3 is 0 Å². The van der Waals surface area contributed by atoms with Crippen molar-refractivity contribution in [1.29, 1.82) is 0 Å². The van der Waals surface area contributed by atoms with Crippen molar-refractivity contribution in [3.05, 3.63) is 46.6 Å². The molecule has 0 bridgehead atoms. The fourth-order valence-electron chi connectivity index (χ4n) is 2.82. The van der Waals surface area contributed by atoms with Gasteiger partial charge in [0.15, 0.2) is 4.21 Å². The normalized spacial score (nSPS) is 19.6. The summed E-state index contributed by atoms with van der Waals surface area (Å²) in [5.74, 6) is 0. The summed E-state index contributed by atoms with van der Waals surface area (Å²) in [5, 5.41) is 0.695. The number of rotatable bonds is 4. The van der Waals surface area contributed by atoms with Crippen LogP contribution in [0.1, 0.15) is 24.1 Å². The minimum absolute atomic E-state index is 0.0349. The highest BCUT2D eigenvalue weighted by atomic mass is 35.5. The minimum atomic E-state index is -3.45. The lowest BCUT2D eigenvalue weighted by molar-refractivity contribution is 0.386. The van der Waals surface area contributed by atoms with Crippen LogP contribution in [0.4, 0.5) is 0 Å². The number of halogens is 1. The fraction of sp³-hybridized carbons (Fsp3) is 0.400. The van der Waals surface area contributed by atoms with Gasteiger partial charge in [0.2, 0.25) is 0 Å². The van der Waals surface area contributed by atoms with Crippen molar-refractivity contribution in [3.63, 3.8) is 0 Å². The van der Waals surface area contributed by atoms with Crippen molar-refractivity contribution >= 4 is 33.2 Å². The van der Waals surface area contributed by atoms with Crippen LogP contribution in [-0.2, 0) is 16.4 Å². The molecule has 118 valence electrons. The summed E-state index contributed by atoms with van der Waals surface area (Å²) in [5.41, 5.74) is 1.74. The molecule has 0 radical (unpaired) electrons. The lowest BCUT2D eigenvalue weighted by Gasteiger charge is -2.23. The van der Waals surface area contributed by atoms with E-state index in [1.54, 1.807) is 17.3 Å². The molecule has 1 fully saturated rings. The molecule has 1 atom stereocenters. The highest BCUT2D eigenvalue weighted by molar-refractivity contribution is 7.91. The second-order valence-electron chi connectivity index (χ2n) is 5.49. The van der Waals surface area contributed by atoms with Gasteiger partial charge in [0, 0.05) is 17.6 Å². The maximum absolute atomic E-state index is 12.8. The Bertz CT molecular complexity index is 773. The van der Waals surface area contributed by atoms with Crippen LogP contribution in [-0.4, -0.2) is 29.7 Å². The van der Waals surface area contributed by atoms with Gasteiger partial charge in [-0.15, -0.1) is 0 Å². The first-order chi connectivity index (χ1) is 10.5. The van der Waals surface area contributed by atoms with Crippen molar-refractivity contribution in [3.8, 4) is 0 Å². The van der Waals surface area contributed by atoms with E-state index >= 15 is 0 Å². The molecule has 1 saturated heterocycles. The Kier molecular flexibility index (Phi) is 4.54. The number of hydrogen-bond donors (Lipinski definition) is 0. The second kappa shape index (κ2) is 6.28. The van der Waals surface area contributed by atoms with Gasteiger partial charge in [-0.05, 0) is 55.4 Å². The van der Waals surface area contributed by atoms with E-state index in [-0.39, 0.29) is 6.04 Å². The average molecular weight is 357 g/mol. The summed E-state index contributed by atoms with van der Waals surface area (Å²) in [6.45, 7) is 2.37. The van der Waals surface area contributed by atoms with Crippen LogP contribution in [0.5, 0.6) is 0 Å². The lowest BCUT2D eigenvalue weighted by atomic mass is 10.0. The van der Waals surface area contributed by atoms with Crippen LogP contribution in [0.25, 0.3) is 0 Å². The number of nitrogens with zero attached hydrogens (tertiary/aromatic N) is 2. The molecule has 3 rings (SSSR count). The molecule has 4 nitrogen and oxygen atoms in total. The van der Waals surface area contributed by atoms with Gasteiger partial charge in [0.25, 0.3) is 10.0 Å². The SMILES string of the molecule is Cc1cc(S(=O)(=O)N2CCCC2Cc2ccccc2Cl)sn1. The molecule has 0 spiro atoms. The van der Waals surface area contributed by atoms with Crippen molar-refractivity contribution in [2.24, 2.45) is 0 Å². The molecular formula is C15H17ClN2O2S2. The van der Waals surface area contributed by atoms with Crippen LogP contribution < -0.4 is 0 Å². The Hall–Kier alpha value is -0.950. The maximum Gasteiger partial charge on any atom is 0.254 e. The third-order valence-corrected chi connectivity index (χ3v) is 7.53. The first-order valence-electron chi connectivity index (χ1n) is 7.17. The van der Waals surface area contributed by atoms with E-state index in [0.717, 1.165) is 35.6 Å². The summed E-state index contributed by atoms with van der Waals surface area (Å²) in [6.07, 6.45) is 2.39. The zero-order valence-corrected chi connectivity index (χ0v) is 14.6. The summed E-state index contributed by atoms with van der Waals surface area (Å²) in [6, 6.07) is 9.23. The zero-order chi connectivity index (χ0) is 15.7. The molecule has 0 N–H and O–H groups in total. The van der Waals surface area contributed by atoms with E-state index in [2.05, 4.69) is 4.37 Å². The molecule has 0 amide bonds. The van der Waals surface area contributed by atoms with E-state index in [9.17, 15) is 8.42 Å². The molecule has 1 aromatic heterocycles. The van der Waals surface area contributed by atoms with Crippen molar-refractivity contribution < 1.29 is 8.42 Å². The van der Waals surface area contributed by atoms with E-state index in [1.165, 1.54) is 0 Å². The highest BCUT2D eigenvalue weighted by Gasteiger charge is 2.36. The summed E-state index contributed by atoms with van der Waals surface area (Å²) in [4.78, 5) is 0. The predicted molar refractivity (Wildman–Crippen MR) is 88.9 cm³/mol. The molecule has 1 aliphatic rings. The van der Waals surface area contributed by atoms with Crippen LogP contribution in [0.3, 0.4) is 0 Å². The van der Waals surface area contributed by atoms with E-state index < -0.39 is 10.0 Å². The molecule has 1 aromatic carbocycles. The molecule has 2 heterocycles. The Morgan fingerprint density at radius 1 is 1.41 bits per heavy atom. The van der Waals surface area contributed by atoms with E-state index in [1.807, 2.05) is 24.3 Å². The molecule has 0 aliphatic carbocycles. The first-order valence-corrected chi connectivity index (χ1v) is 9.76. The summed E-state index contributed by atoms with van der Waals surface area (Å²) >= 11 is 7.26. The third-order valence-electron chi connectivity index (χ3n) is 3.91. The maximum atomic E-state index is 12.8. The Balaban J connectivity index is 1.86. The average Bonchev–Trinajstić information content (AvgIpc) is 3.11. The number of aromatic nitrogens is 1. The molecular weight excluding hydrogens is 340 g/mol. The Morgan fingerprint density at radius 2 is 2.18 bits per heavy atom. The Morgan fingerprint density at radius 3 is 2.86 bits per heavy atom. The number of benzene rings is 1. The lowest BCUT2D eigenvalue weighted by Crippen LogP contribution is -2.36. The quantitative estimate of drug-likeness (QED) is 0.842. The third kappa shape index (κ3) is 3.06. The van der Waals surface area contributed by atoms with Crippen molar-refractivity contribution in [1.82, 2.24) is 8.68 Å². The standard InChI is InChI=1S/C15H17ClN2O2S2/c1-11-9-15(21-17-11)22(19,20)18-8-4-6-13(18)10-12-5-2-3-7-14(12)16/h2-3,5,7,9,13H,4,6,8,10H2,1H3. The van der Waals surface area contributed by atoms with Gasteiger partial charge in [-0.1, -0.05) is 29.8 Å². The topological polar surface area (TPSA) is 50.3 Å². The molecule has 7 heteroatoms. The van der Waals surface area contributed by atoms with Gasteiger partial charge in [-0.25, -0.2) is 8.42 Å². The van der Waals surface area contributed by atoms with Gasteiger partial charge in [0.05, 0.1) is 5.69 Å². The van der Waals surface area contributed by atoms with Crippen LogP contribution in [0.15, 0.2) is 34.5 Å². The number of sulfonamides is 1. The minimum Gasteiger partial charge on any atom is -0.206 e. The largest absolute Gasteiger partial charge is 0.254 e. The molecule has 22 heavy (non-hydrogen) atoms. The van der Waals surface area contributed by atoms with Gasteiger partial charge in [-0.3, -0.25) is 0 Å². The summed E-state index contributed by atoms with van der Waals surface area (Å²) < 4.78 is 31.6. The van der Waals surface area contributed by atoms with Crippen molar-refractivity contribution in [2.75, 3.05) is 6.54 Å². The van der Waals surface area contributed by atoms with E-state index in [4.69, 9.17) is 11.6 Å². The van der Waals surface area contributed by atoms with Gasteiger partial charge < -0.3 is 0 Å². The smallest absolute Gasteiger partial charge is 0.206 e. The Labute approximate surface area is 139 Å². The number of hydrogen-bond acceptors (Lipinski definition) is 4. The molecule has 1 unspecified atom stereocenters. The molecule has 0 saturated carbocycles. The van der Waals surface area contributed by atoms with Crippen LogP contribution in [0.2, 0.25) is 5.02 Å². The highest BCUT2D eigenvalue weighted by Crippen LogP contribution is 2.31. The molecule has 2 aromatic rings. The fourth-order valence-corrected chi connectivity index (χ4v) is 5.82. The zero-order valence-electron chi connectivity index (χ0n) is 12.2. The monoisotopic (exact) mass is 356 g/mol. The van der Waals surface area contributed by atoms with Gasteiger partial charge in [0.1, 0.15) is 0 Å². The van der Waals surface area contributed by atoms with E-state index in [0.29, 0.717) is 22.2 Å². The first kappa shape index (κ1) is 15.9. The van der Waals surface area contributed by atoms with Crippen molar-refractivity contribution in [2.45, 2.75) is 36.4 Å². The predicted octanol–water partition coefficient (Wildman–Crippen LogP) is 3.50. The van der Waals surface area contributed by atoms with Crippen LogP contribution in [0, 0.1) is 6.92 Å². The van der Waals surface area contributed by atoms with Crippen LogP contribution >= 0.6 is 23.1 Å².